The van der Waals surface area contributed by atoms with E-state index in [1.165, 1.54) is 13.3 Å². The summed E-state index contributed by atoms with van der Waals surface area (Å²) in [6, 6.07) is 7.88. The Morgan fingerprint density at radius 1 is 0.833 bits per heavy atom. The van der Waals surface area contributed by atoms with Crippen LogP contribution in [0.15, 0.2) is 35.6 Å². The van der Waals surface area contributed by atoms with Gasteiger partial charge in [-0.2, -0.15) is 0 Å². The molecule has 0 aliphatic rings. The van der Waals surface area contributed by atoms with Gasteiger partial charge in [-0.05, 0) is 90.2 Å². The second-order valence-electron chi connectivity index (χ2n) is 14.5. The third-order valence-electron chi connectivity index (χ3n) is 5.77. The van der Waals surface area contributed by atoms with Gasteiger partial charge in [0.15, 0.2) is 39.4 Å². The van der Waals surface area contributed by atoms with Crippen LogP contribution in [0.5, 0.6) is 0 Å². The largest absolute Gasteiger partial charge is 0.453 e. The molecular weight excluding hydrogens is 601 g/mol. The zero-order valence-corrected chi connectivity index (χ0v) is 32.0. The molecule has 0 aliphatic carbocycles. The fourth-order valence-electron chi connectivity index (χ4n) is 4.40. The number of aromatic amines is 1. The van der Waals surface area contributed by atoms with Gasteiger partial charge in [-0.3, -0.25) is 4.79 Å². The van der Waals surface area contributed by atoms with Gasteiger partial charge in [0.25, 0.3) is 0 Å². The molecule has 13 heteroatoms. The molecule has 42 heavy (non-hydrogen) atoms. The Balaban J connectivity index is 2.56. The van der Waals surface area contributed by atoms with E-state index in [-0.39, 0.29) is 6.42 Å². The molecular formula is C29H54N2O7Si4. The lowest BCUT2D eigenvalue weighted by molar-refractivity contribution is -0.154. The minimum absolute atomic E-state index is 0.0914. The van der Waals surface area contributed by atoms with E-state index in [9.17, 15) is 4.79 Å². The highest BCUT2D eigenvalue weighted by molar-refractivity contribution is 6.71. The number of carbonyl (C=O) groups excluding carboxylic acids is 1. The van der Waals surface area contributed by atoms with Gasteiger partial charge in [0.2, 0.25) is 0 Å². The summed E-state index contributed by atoms with van der Waals surface area (Å²) in [4.78, 5) is 21.8. The number of benzene rings is 1. The van der Waals surface area contributed by atoms with E-state index in [4.69, 9.17) is 27.3 Å². The predicted octanol–water partition coefficient (Wildman–Crippen LogP) is 6.77. The highest BCUT2D eigenvalue weighted by atomic mass is 28.4. The molecule has 0 saturated carbocycles. The molecule has 4 unspecified atom stereocenters. The first-order chi connectivity index (χ1) is 19.2. The molecule has 1 N–H and O–H groups in total. The lowest BCUT2D eigenvalue weighted by atomic mass is 10.0. The molecule has 238 valence electrons. The number of H-pyrrole nitrogens is 1. The molecule has 1 heterocycles. The molecule has 2 rings (SSSR count). The summed E-state index contributed by atoms with van der Waals surface area (Å²) in [5.74, 6) is -0.399. The van der Waals surface area contributed by atoms with Gasteiger partial charge < -0.3 is 32.3 Å². The molecule has 0 radical (unpaired) electrons. The maximum absolute atomic E-state index is 13.5. The lowest BCUT2D eigenvalue weighted by Gasteiger charge is -2.43. The molecule has 9 nitrogen and oxygen atoms in total. The summed E-state index contributed by atoms with van der Waals surface area (Å²) in [6.45, 7) is 26.0. The van der Waals surface area contributed by atoms with E-state index >= 15 is 0 Å². The SMILES string of the molecule is CO/N=C/C(OC(=O)Cc1c[nH]c2ccccc12)C(O[Si](C)(C)C)C(O[Si](C)(C)C)C(CO[Si](C)(C)C)O[Si](C)(C)C. The molecule has 0 amide bonds. The fraction of sp³-hybridized carbons (Fsp3) is 0.655. The van der Waals surface area contributed by atoms with Gasteiger partial charge in [0.05, 0.1) is 25.3 Å². The van der Waals surface area contributed by atoms with Gasteiger partial charge in [0, 0.05) is 17.1 Å². The third-order valence-corrected chi connectivity index (χ3v) is 9.77. The number of oxime groups is 1. The zero-order chi connectivity index (χ0) is 31.9. The van der Waals surface area contributed by atoms with E-state index < -0.39 is 63.7 Å². The molecule has 0 fully saturated rings. The van der Waals surface area contributed by atoms with Crippen LogP contribution in [0.1, 0.15) is 5.56 Å². The molecule has 1 aromatic heterocycles. The van der Waals surface area contributed by atoms with Crippen LogP contribution in [-0.4, -0.2) is 88.6 Å². The number of hydrogen-bond acceptors (Lipinski definition) is 8. The van der Waals surface area contributed by atoms with Gasteiger partial charge in [-0.15, -0.1) is 0 Å². The van der Waals surface area contributed by atoms with Crippen LogP contribution in [0.2, 0.25) is 78.6 Å². The topological polar surface area (TPSA) is 101 Å². The highest BCUT2D eigenvalue weighted by Crippen LogP contribution is 2.28. The Labute approximate surface area is 257 Å². The average Bonchev–Trinajstić information content (AvgIpc) is 3.22. The van der Waals surface area contributed by atoms with E-state index in [0.717, 1.165) is 16.5 Å². The van der Waals surface area contributed by atoms with Gasteiger partial charge in [-0.25, -0.2) is 0 Å². The Morgan fingerprint density at radius 2 is 1.40 bits per heavy atom. The molecule has 0 spiro atoms. The first kappa shape index (κ1) is 36.6. The number of esters is 1. The van der Waals surface area contributed by atoms with Crippen molar-refractivity contribution in [3.05, 3.63) is 36.0 Å². The van der Waals surface area contributed by atoms with Crippen LogP contribution in [-0.2, 0) is 38.5 Å². The molecule has 0 aliphatic heterocycles. The van der Waals surface area contributed by atoms with Gasteiger partial charge >= 0.3 is 5.97 Å². The van der Waals surface area contributed by atoms with Crippen LogP contribution in [0, 0.1) is 0 Å². The van der Waals surface area contributed by atoms with Crippen LogP contribution < -0.4 is 0 Å². The van der Waals surface area contributed by atoms with Crippen molar-refractivity contribution in [3.63, 3.8) is 0 Å². The molecule has 1 aromatic carbocycles. The van der Waals surface area contributed by atoms with Gasteiger partial charge in [-0.1, -0.05) is 23.4 Å². The minimum Gasteiger partial charge on any atom is -0.453 e. The Bertz CT molecular complexity index is 1160. The highest BCUT2D eigenvalue weighted by Gasteiger charge is 2.44. The smallest absolute Gasteiger partial charge is 0.311 e. The Hall–Kier alpha value is -1.59. The van der Waals surface area contributed by atoms with Crippen molar-refractivity contribution in [2.75, 3.05) is 13.7 Å². The molecule has 0 saturated heterocycles. The number of nitrogens with one attached hydrogen (secondary N) is 1. The van der Waals surface area contributed by atoms with Crippen molar-refractivity contribution < 1.29 is 32.1 Å². The number of aromatic nitrogens is 1. The van der Waals surface area contributed by atoms with Crippen LogP contribution >= 0.6 is 0 Å². The second-order valence-corrected chi connectivity index (χ2v) is 32.4. The van der Waals surface area contributed by atoms with E-state index in [2.05, 4.69) is 88.7 Å². The van der Waals surface area contributed by atoms with Crippen molar-refractivity contribution in [1.29, 1.82) is 0 Å². The summed E-state index contributed by atoms with van der Waals surface area (Å²) < 4.78 is 33.1. The summed E-state index contributed by atoms with van der Waals surface area (Å²) in [5.41, 5.74) is 1.83. The normalized spacial score (nSPS) is 16.4. The quantitative estimate of drug-likeness (QED) is 0.0870. The van der Waals surface area contributed by atoms with Crippen LogP contribution in [0.4, 0.5) is 0 Å². The zero-order valence-electron chi connectivity index (χ0n) is 28.0. The monoisotopic (exact) mass is 654 g/mol. The Morgan fingerprint density at radius 3 is 1.95 bits per heavy atom. The number of nitrogens with zero attached hydrogens (tertiary/aromatic N) is 1. The third kappa shape index (κ3) is 13.4. The minimum atomic E-state index is -2.21. The summed E-state index contributed by atoms with van der Waals surface area (Å²) in [6.07, 6.45) is 0.875. The van der Waals surface area contributed by atoms with Gasteiger partial charge in [0.1, 0.15) is 19.3 Å². The summed E-state index contributed by atoms with van der Waals surface area (Å²) in [5, 5.41) is 5.03. The lowest BCUT2D eigenvalue weighted by Crippen LogP contribution is -2.59. The second kappa shape index (κ2) is 14.9. The number of ether oxygens (including phenoxy) is 1. The number of fused-ring (bicyclic) bond motifs is 1. The standard InChI is InChI=1S/C29H54N2O7Si4/c1-33-31-20-25(35-27(32)18-22-19-30-24-17-15-14-16-23(22)24)28(37-41(8,9)10)29(38-42(11,12)13)26(36-40(5,6)7)21-34-39(2,3)4/h14-17,19-20,25-26,28-30H,18,21H2,1-13H3/b31-20+. The molecule has 4 atom stereocenters. The van der Waals surface area contributed by atoms with E-state index in [0.29, 0.717) is 6.61 Å². The Kier molecular flexibility index (Phi) is 13.0. The fourth-order valence-corrected chi connectivity index (χ4v) is 8.37. The van der Waals surface area contributed by atoms with Crippen LogP contribution in [0.3, 0.4) is 0 Å². The van der Waals surface area contributed by atoms with E-state index in [1.54, 1.807) is 0 Å². The maximum Gasteiger partial charge on any atom is 0.311 e. The molecule has 0 bridgehead atoms. The van der Waals surface area contributed by atoms with Crippen molar-refractivity contribution in [2.24, 2.45) is 5.16 Å². The summed E-state index contributed by atoms with van der Waals surface area (Å²) >= 11 is 0. The number of carbonyl (C=O) groups is 1. The summed E-state index contributed by atoms with van der Waals surface area (Å²) in [7, 11) is -6.87. The van der Waals surface area contributed by atoms with E-state index in [1.807, 2.05) is 30.5 Å². The van der Waals surface area contributed by atoms with Crippen molar-refractivity contribution >= 4 is 56.4 Å². The number of hydrogen-bond donors (Lipinski definition) is 1. The maximum atomic E-state index is 13.5. The van der Waals surface area contributed by atoms with Crippen LogP contribution in [0.25, 0.3) is 10.9 Å². The molecule has 2 aromatic rings. The predicted molar refractivity (Wildman–Crippen MR) is 181 cm³/mol. The average molecular weight is 655 g/mol. The number of rotatable bonds is 17. The first-order valence-electron chi connectivity index (χ1n) is 14.7. The number of para-hydroxylation sites is 1. The van der Waals surface area contributed by atoms with Crippen molar-refractivity contribution in [1.82, 2.24) is 4.98 Å². The first-order valence-corrected chi connectivity index (χ1v) is 28.3. The van der Waals surface area contributed by atoms with Crippen molar-refractivity contribution in [2.45, 2.75) is 109 Å². The van der Waals surface area contributed by atoms with Crippen molar-refractivity contribution in [3.8, 4) is 0 Å².